The lowest BCUT2D eigenvalue weighted by molar-refractivity contribution is -0.134. The van der Waals surface area contributed by atoms with E-state index < -0.39 is 0 Å². The SMILES string of the molecule is COC(=O)/C=C/NC1CCC(C)C1C. The van der Waals surface area contributed by atoms with E-state index >= 15 is 0 Å². The zero-order valence-corrected chi connectivity index (χ0v) is 9.12. The Kier molecular flexibility index (Phi) is 3.98. The topological polar surface area (TPSA) is 38.3 Å². The van der Waals surface area contributed by atoms with Crippen LogP contribution in [0, 0.1) is 11.8 Å². The molecule has 0 amide bonds. The highest BCUT2D eigenvalue weighted by Gasteiger charge is 2.28. The van der Waals surface area contributed by atoms with Gasteiger partial charge in [-0.15, -0.1) is 0 Å². The van der Waals surface area contributed by atoms with Crippen LogP contribution >= 0.6 is 0 Å². The smallest absolute Gasteiger partial charge is 0.331 e. The maximum Gasteiger partial charge on any atom is 0.331 e. The van der Waals surface area contributed by atoms with Crippen LogP contribution in [0.3, 0.4) is 0 Å². The minimum atomic E-state index is -0.309. The van der Waals surface area contributed by atoms with Crippen molar-refractivity contribution >= 4 is 5.97 Å². The van der Waals surface area contributed by atoms with Crippen molar-refractivity contribution in [1.82, 2.24) is 5.32 Å². The molecular formula is C11H19NO2. The highest BCUT2D eigenvalue weighted by Crippen LogP contribution is 2.30. The summed E-state index contributed by atoms with van der Waals surface area (Å²) in [7, 11) is 1.38. The third-order valence-corrected chi connectivity index (χ3v) is 3.20. The standard InChI is InChI=1S/C11H19NO2/c1-8-4-5-10(9(8)2)12-7-6-11(13)14-3/h6-10,12H,4-5H2,1-3H3/b7-6+. The fourth-order valence-electron chi connectivity index (χ4n) is 1.91. The summed E-state index contributed by atoms with van der Waals surface area (Å²) in [6.45, 7) is 4.53. The van der Waals surface area contributed by atoms with E-state index in [-0.39, 0.29) is 5.97 Å². The number of nitrogens with one attached hydrogen (secondary N) is 1. The monoisotopic (exact) mass is 197 g/mol. The Bertz CT molecular complexity index is 225. The number of methoxy groups -OCH3 is 1. The molecule has 0 aliphatic heterocycles. The molecule has 3 unspecified atom stereocenters. The molecule has 1 aliphatic carbocycles. The van der Waals surface area contributed by atoms with Crippen LogP contribution in [0.1, 0.15) is 26.7 Å². The largest absolute Gasteiger partial charge is 0.466 e. The molecule has 0 spiro atoms. The molecule has 0 aromatic rings. The van der Waals surface area contributed by atoms with Crippen molar-refractivity contribution in [3.05, 3.63) is 12.3 Å². The quantitative estimate of drug-likeness (QED) is 0.553. The fourth-order valence-corrected chi connectivity index (χ4v) is 1.91. The Morgan fingerprint density at radius 1 is 1.43 bits per heavy atom. The van der Waals surface area contributed by atoms with Gasteiger partial charge in [-0.3, -0.25) is 0 Å². The molecule has 0 aromatic carbocycles. The molecule has 0 heterocycles. The number of esters is 1. The van der Waals surface area contributed by atoms with E-state index in [0.717, 1.165) is 5.92 Å². The van der Waals surface area contributed by atoms with Crippen molar-refractivity contribution in [1.29, 1.82) is 0 Å². The average molecular weight is 197 g/mol. The van der Waals surface area contributed by atoms with Gasteiger partial charge in [-0.05, 0) is 24.7 Å². The first kappa shape index (κ1) is 11.1. The van der Waals surface area contributed by atoms with Crippen molar-refractivity contribution in [3.8, 4) is 0 Å². The molecule has 14 heavy (non-hydrogen) atoms. The summed E-state index contributed by atoms with van der Waals surface area (Å²) < 4.78 is 4.50. The van der Waals surface area contributed by atoms with Crippen LogP contribution in [0.25, 0.3) is 0 Å². The first-order chi connectivity index (χ1) is 6.65. The zero-order chi connectivity index (χ0) is 10.6. The number of carbonyl (C=O) groups is 1. The third kappa shape index (κ3) is 2.76. The van der Waals surface area contributed by atoms with Gasteiger partial charge in [-0.25, -0.2) is 4.79 Å². The summed E-state index contributed by atoms with van der Waals surface area (Å²) in [4.78, 5) is 10.8. The molecule has 1 rings (SSSR count). The number of rotatable bonds is 3. The van der Waals surface area contributed by atoms with Gasteiger partial charge in [0.1, 0.15) is 0 Å². The molecule has 1 fully saturated rings. The summed E-state index contributed by atoms with van der Waals surface area (Å²) in [5, 5.41) is 3.25. The molecule has 1 N–H and O–H groups in total. The Hall–Kier alpha value is -0.990. The maximum atomic E-state index is 10.8. The second-order valence-electron chi connectivity index (χ2n) is 4.04. The maximum absolute atomic E-state index is 10.8. The normalized spacial score (nSPS) is 32.1. The van der Waals surface area contributed by atoms with E-state index in [9.17, 15) is 4.79 Å². The van der Waals surface area contributed by atoms with E-state index in [2.05, 4.69) is 23.9 Å². The van der Waals surface area contributed by atoms with Gasteiger partial charge in [0.25, 0.3) is 0 Å². The molecule has 1 aliphatic rings. The van der Waals surface area contributed by atoms with Crippen LogP contribution in [-0.4, -0.2) is 19.1 Å². The predicted octanol–water partition coefficient (Wildman–Crippen LogP) is 1.70. The Labute approximate surface area is 85.5 Å². The van der Waals surface area contributed by atoms with E-state index in [0.29, 0.717) is 12.0 Å². The summed E-state index contributed by atoms with van der Waals surface area (Å²) in [6.07, 6.45) is 5.58. The van der Waals surface area contributed by atoms with Crippen molar-refractivity contribution < 1.29 is 9.53 Å². The summed E-state index contributed by atoms with van der Waals surface area (Å²) in [5.41, 5.74) is 0. The van der Waals surface area contributed by atoms with Crippen LogP contribution in [0.4, 0.5) is 0 Å². The second kappa shape index (κ2) is 5.03. The Morgan fingerprint density at radius 2 is 2.14 bits per heavy atom. The van der Waals surface area contributed by atoms with Crippen LogP contribution in [-0.2, 0) is 9.53 Å². The minimum Gasteiger partial charge on any atom is -0.466 e. The molecule has 3 heteroatoms. The first-order valence-corrected chi connectivity index (χ1v) is 5.15. The van der Waals surface area contributed by atoms with Crippen molar-refractivity contribution in [3.63, 3.8) is 0 Å². The predicted molar refractivity (Wildman–Crippen MR) is 55.6 cm³/mol. The lowest BCUT2D eigenvalue weighted by atomic mass is 9.98. The molecular weight excluding hydrogens is 178 g/mol. The molecule has 80 valence electrons. The second-order valence-corrected chi connectivity index (χ2v) is 4.04. The number of hydrogen-bond donors (Lipinski definition) is 1. The van der Waals surface area contributed by atoms with Crippen LogP contribution in [0.2, 0.25) is 0 Å². The van der Waals surface area contributed by atoms with Gasteiger partial charge in [-0.2, -0.15) is 0 Å². The van der Waals surface area contributed by atoms with E-state index in [4.69, 9.17) is 0 Å². The number of carbonyl (C=O) groups excluding carboxylic acids is 1. The van der Waals surface area contributed by atoms with Gasteiger partial charge in [0.05, 0.1) is 7.11 Å². The van der Waals surface area contributed by atoms with Gasteiger partial charge in [0.15, 0.2) is 0 Å². The number of hydrogen-bond acceptors (Lipinski definition) is 3. The molecule has 0 bridgehead atoms. The van der Waals surface area contributed by atoms with Gasteiger partial charge < -0.3 is 10.1 Å². The lowest BCUT2D eigenvalue weighted by Crippen LogP contribution is -2.28. The Morgan fingerprint density at radius 3 is 2.64 bits per heavy atom. The Balaban J connectivity index is 2.32. The third-order valence-electron chi connectivity index (χ3n) is 3.20. The molecule has 3 atom stereocenters. The van der Waals surface area contributed by atoms with Crippen LogP contribution < -0.4 is 5.32 Å². The van der Waals surface area contributed by atoms with Crippen LogP contribution in [0.15, 0.2) is 12.3 Å². The van der Waals surface area contributed by atoms with Crippen molar-refractivity contribution in [2.45, 2.75) is 32.7 Å². The van der Waals surface area contributed by atoms with Gasteiger partial charge in [0, 0.05) is 18.3 Å². The van der Waals surface area contributed by atoms with Crippen molar-refractivity contribution in [2.24, 2.45) is 11.8 Å². The average Bonchev–Trinajstić information content (AvgIpc) is 2.49. The van der Waals surface area contributed by atoms with Gasteiger partial charge in [-0.1, -0.05) is 13.8 Å². The van der Waals surface area contributed by atoms with Crippen LogP contribution in [0.5, 0.6) is 0 Å². The number of ether oxygens (including phenoxy) is 1. The molecule has 0 saturated heterocycles. The highest BCUT2D eigenvalue weighted by atomic mass is 16.5. The molecule has 0 radical (unpaired) electrons. The molecule has 1 saturated carbocycles. The summed E-state index contributed by atoms with van der Waals surface area (Å²) in [5.74, 6) is 1.15. The van der Waals surface area contributed by atoms with E-state index in [1.54, 1.807) is 6.20 Å². The molecule has 3 nitrogen and oxygen atoms in total. The summed E-state index contributed by atoms with van der Waals surface area (Å²) in [6, 6.07) is 0.505. The van der Waals surface area contributed by atoms with Gasteiger partial charge in [0.2, 0.25) is 0 Å². The van der Waals surface area contributed by atoms with Crippen molar-refractivity contribution in [2.75, 3.05) is 7.11 Å². The first-order valence-electron chi connectivity index (χ1n) is 5.15. The lowest BCUT2D eigenvalue weighted by Gasteiger charge is -2.17. The van der Waals surface area contributed by atoms with E-state index in [1.165, 1.54) is 26.0 Å². The van der Waals surface area contributed by atoms with E-state index in [1.807, 2.05) is 0 Å². The highest BCUT2D eigenvalue weighted by molar-refractivity contribution is 5.81. The fraction of sp³-hybridized carbons (Fsp3) is 0.727. The van der Waals surface area contributed by atoms with Gasteiger partial charge >= 0.3 is 5.97 Å². The molecule has 0 aromatic heterocycles. The minimum absolute atomic E-state index is 0.309. The zero-order valence-electron chi connectivity index (χ0n) is 9.12. The summed E-state index contributed by atoms with van der Waals surface area (Å²) >= 11 is 0.